The van der Waals surface area contributed by atoms with Crippen LogP contribution in [-0.2, 0) is 9.53 Å². The molecule has 1 rings (SSSR count). The molecule has 0 radical (unpaired) electrons. The van der Waals surface area contributed by atoms with Gasteiger partial charge in [0, 0.05) is 0 Å². The van der Waals surface area contributed by atoms with E-state index in [0.717, 1.165) is 3.79 Å². The average Bonchev–Trinajstić information content (AvgIpc) is 2.64. The fourth-order valence-electron chi connectivity index (χ4n) is 1.05. The summed E-state index contributed by atoms with van der Waals surface area (Å²) in [6.45, 7) is -0.513. The third-order valence-corrected chi connectivity index (χ3v) is 4.21. The number of aliphatic hydroxyl groups excluding tert-OH is 1. The molecule has 1 atom stereocenters. The molecule has 0 spiro atoms. The zero-order valence-electron chi connectivity index (χ0n) is 8.70. The summed E-state index contributed by atoms with van der Waals surface area (Å²) in [5.41, 5.74) is 0.393. The second-order valence-electron chi connectivity index (χ2n) is 2.97. The molecular formula is C9H9Br2NO4S. The summed E-state index contributed by atoms with van der Waals surface area (Å²) in [6, 6.07) is 0.563. The van der Waals surface area contributed by atoms with Crippen molar-refractivity contribution in [3.8, 4) is 0 Å². The standard InChI is InChI=1S/C9H9Br2NO4S/c1-16-9(15)5(3-13)12-8(14)4-2-6(10)17-7(4)11/h2,5,13H,3H2,1H3,(H,12,14). The largest absolute Gasteiger partial charge is 0.467 e. The first-order valence-electron chi connectivity index (χ1n) is 4.44. The van der Waals surface area contributed by atoms with Crippen molar-refractivity contribution in [1.82, 2.24) is 5.32 Å². The summed E-state index contributed by atoms with van der Waals surface area (Å²) in [6.07, 6.45) is 0. The lowest BCUT2D eigenvalue weighted by Gasteiger charge is -2.13. The number of halogens is 2. The Bertz CT molecular complexity index is 435. The number of aliphatic hydroxyl groups is 1. The van der Waals surface area contributed by atoms with Gasteiger partial charge in [0.1, 0.15) is 0 Å². The highest BCUT2D eigenvalue weighted by atomic mass is 79.9. The summed E-state index contributed by atoms with van der Waals surface area (Å²) >= 11 is 7.82. The minimum atomic E-state index is -1.06. The lowest BCUT2D eigenvalue weighted by atomic mass is 10.2. The Hall–Kier alpha value is -0.440. The van der Waals surface area contributed by atoms with Gasteiger partial charge in [-0.25, -0.2) is 4.79 Å². The molecule has 5 nitrogen and oxygen atoms in total. The third kappa shape index (κ3) is 3.77. The van der Waals surface area contributed by atoms with Gasteiger partial charge in [0.25, 0.3) is 5.91 Å². The van der Waals surface area contributed by atoms with Gasteiger partial charge in [0.2, 0.25) is 0 Å². The molecule has 1 aromatic heterocycles. The Balaban J connectivity index is 2.78. The third-order valence-electron chi connectivity index (χ3n) is 1.87. The molecule has 0 aromatic carbocycles. The number of ether oxygens (including phenoxy) is 1. The van der Waals surface area contributed by atoms with E-state index in [1.807, 2.05) is 0 Å². The topological polar surface area (TPSA) is 75.6 Å². The minimum absolute atomic E-state index is 0.393. The first-order valence-corrected chi connectivity index (χ1v) is 6.84. The van der Waals surface area contributed by atoms with Crippen LogP contribution in [0.2, 0.25) is 0 Å². The van der Waals surface area contributed by atoms with E-state index >= 15 is 0 Å². The van der Waals surface area contributed by atoms with Crippen LogP contribution in [0.1, 0.15) is 10.4 Å². The molecule has 0 aliphatic carbocycles. The van der Waals surface area contributed by atoms with E-state index in [4.69, 9.17) is 5.11 Å². The molecule has 17 heavy (non-hydrogen) atoms. The summed E-state index contributed by atoms with van der Waals surface area (Å²) in [5, 5.41) is 11.3. The molecular weight excluding hydrogens is 378 g/mol. The van der Waals surface area contributed by atoms with Gasteiger partial charge in [-0.1, -0.05) is 0 Å². The molecule has 94 valence electrons. The van der Waals surface area contributed by atoms with E-state index in [2.05, 4.69) is 41.9 Å². The lowest BCUT2D eigenvalue weighted by molar-refractivity contribution is -0.143. The lowest BCUT2D eigenvalue weighted by Crippen LogP contribution is -2.44. The number of rotatable bonds is 4. The van der Waals surface area contributed by atoms with E-state index in [1.54, 1.807) is 6.07 Å². The predicted octanol–water partition coefficient (Wildman–Crippen LogP) is 1.54. The highest BCUT2D eigenvalue weighted by Gasteiger charge is 2.23. The zero-order valence-corrected chi connectivity index (χ0v) is 12.7. The Morgan fingerprint density at radius 2 is 2.24 bits per heavy atom. The number of methoxy groups -OCH3 is 1. The molecule has 1 heterocycles. The zero-order chi connectivity index (χ0) is 13.0. The quantitative estimate of drug-likeness (QED) is 0.769. The van der Waals surface area contributed by atoms with E-state index in [9.17, 15) is 9.59 Å². The second kappa shape index (κ2) is 6.48. The van der Waals surface area contributed by atoms with Crippen LogP contribution in [0.4, 0.5) is 0 Å². The van der Waals surface area contributed by atoms with Crippen molar-refractivity contribution in [3.63, 3.8) is 0 Å². The van der Waals surface area contributed by atoms with E-state index in [1.165, 1.54) is 18.4 Å². The van der Waals surface area contributed by atoms with Crippen LogP contribution in [0.5, 0.6) is 0 Å². The van der Waals surface area contributed by atoms with Gasteiger partial charge in [-0.3, -0.25) is 4.79 Å². The van der Waals surface area contributed by atoms with Gasteiger partial charge in [0.05, 0.1) is 26.9 Å². The molecule has 0 saturated heterocycles. The highest BCUT2D eigenvalue weighted by Crippen LogP contribution is 2.31. The van der Waals surface area contributed by atoms with Crippen molar-refractivity contribution >= 4 is 55.1 Å². The smallest absolute Gasteiger partial charge is 0.330 e. The summed E-state index contributed by atoms with van der Waals surface area (Å²) in [4.78, 5) is 23.0. The van der Waals surface area contributed by atoms with Crippen LogP contribution in [0.3, 0.4) is 0 Å². The first kappa shape index (κ1) is 14.6. The Morgan fingerprint density at radius 1 is 1.59 bits per heavy atom. The maximum Gasteiger partial charge on any atom is 0.330 e. The van der Waals surface area contributed by atoms with Crippen LogP contribution >= 0.6 is 43.2 Å². The molecule has 2 N–H and O–H groups in total. The van der Waals surface area contributed by atoms with Gasteiger partial charge >= 0.3 is 5.97 Å². The van der Waals surface area contributed by atoms with E-state index < -0.39 is 24.5 Å². The fraction of sp³-hybridized carbons (Fsp3) is 0.333. The van der Waals surface area contributed by atoms with Crippen molar-refractivity contribution < 1.29 is 19.4 Å². The molecule has 1 aromatic rings. The number of amides is 1. The predicted molar refractivity (Wildman–Crippen MR) is 70.1 cm³/mol. The van der Waals surface area contributed by atoms with Gasteiger partial charge in [-0.05, 0) is 37.9 Å². The van der Waals surface area contributed by atoms with Crippen LogP contribution in [0.25, 0.3) is 0 Å². The number of esters is 1. The molecule has 1 unspecified atom stereocenters. The number of carbonyl (C=O) groups is 2. The molecule has 0 bridgehead atoms. The Kier molecular flexibility index (Phi) is 5.57. The highest BCUT2D eigenvalue weighted by molar-refractivity contribution is 9.12. The van der Waals surface area contributed by atoms with Crippen molar-refractivity contribution in [2.24, 2.45) is 0 Å². The number of hydrogen-bond donors (Lipinski definition) is 2. The summed E-state index contributed by atoms with van der Waals surface area (Å²) in [7, 11) is 1.19. The van der Waals surface area contributed by atoms with Gasteiger partial charge in [-0.2, -0.15) is 0 Å². The maximum atomic E-state index is 11.8. The monoisotopic (exact) mass is 385 g/mol. The second-order valence-corrected chi connectivity index (χ2v) is 6.72. The molecule has 8 heteroatoms. The SMILES string of the molecule is COC(=O)C(CO)NC(=O)c1cc(Br)sc1Br. The molecule has 0 saturated carbocycles. The van der Waals surface area contributed by atoms with Crippen LogP contribution in [-0.4, -0.2) is 36.7 Å². The van der Waals surface area contributed by atoms with Gasteiger partial charge in [0.15, 0.2) is 6.04 Å². The van der Waals surface area contributed by atoms with Crippen molar-refractivity contribution in [1.29, 1.82) is 0 Å². The fourth-order valence-corrected chi connectivity index (χ4v) is 3.85. The van der Waals surface area contributed by atoms with E-state index in [-0.39, 0.29) is 0 Å². The minimum Gasteiger partial charge on any atom is -0.467 e. The van der Waals surface area contributed by atoms with Gasteiger partial charge in [-0.15, -0.1) is 11.3 Å². The normalized spacial score (nSPS) is 12.0. The number of nitrogens with one attached hydrogen (secondary N) is 1. The summed E-state index contributed by atoms with van der Waals surface area (Å²) < 4.78 is 5.87. The first-order chi connectivity index (χ1) is 7.99. The Morgan fingerprint density at radius 3 is 2.65 bits per heavy atom. The van der Waals surface area contributed by atoms with Crippen LogP contribution in [0.15, 0.2) is 13.6 Å². The molecule has 0 fully saturated rings. The molecule has 1 amide bonds. The van der Waals surface area contributed by atoms with Crippen LogP contribution < -0.4 is 5.32 Å². The molecule has 0 aliphatic heterocycles. The van der Waals surface area contributed by atoms with Crippen molar-refractivity contribution in [2.75, 3.05) is 13.7 Å². The van der Waals surface area contributed by atoms with Crippen LogP contribution in [0, 0.1) is 0 Å². The number of carbonyl (C=O) groups excluding carboxylic acids is 2. The van der Waals surface area contributed by atoms with E-state index in [0.29, 0.717) is 9.35 Å². The maximum absolute atomic E-state index is 11.8. The summed E-state index contributed by atoms with van der Waals surface area (Å²) in [5.74, 6) is -1.14. The number of thiophene rings is 1. The van der Waals surface area contributed by atoms with Crippen molar-refractivity contribution in [2.45, 2.75) is 6.04 Å². The Labute approximate surface area is 118 Å². The molecule has 0 aliphatic rings. The number of hydrogen-bond acceptors (Lipinski definition) is 5. The van der Waals surface area contributed by atoms with Crippen molar-refractivity contribution in [3.05, 3.63) is 19.2 Å². The average molecular weight is 387 g/mol. The van der Waals surface area contributed by atoms with Gasteiger partial charge < -0.3 is 15.2 Å².